The second kappa shape index (κ2) is 9.53. The molecule has 11 heteroatoms. The van der Waals surface area contributed by atoms with Crippen LogP contribution in [-0.2, 0) is 10.0 Å². The fourth-order valence-corrected chi connectivity index (χ4v) is 4.76. The Labute approximate surface area is 198 Å². The van der Waals surface area contributed by atoms with Gasteiger partial charge in [-0.1, -0.05) is 18.2 Å². The van der Waals surface area contributed by atoms with Gasteiger partial charge in [0.15, 0.2) is 5.13 Å². The lowest BCUT2D eigenvalue weighted by molar-refractivity contribution is 0.102. The van der Waals surface area contributed by atoms with Crippen molar-refractivity contribution in [1.29, 1.82) is 0 Å². The van der Waals surface area contributed by atoms with Crippen molar-refractivity contribution < 1.29 is 18.0 Å². The van der Waals surface area contributed by atoms with Crippen molar-refractivity contribution in [2.24, 2.45) is 0 Å². The topological polar surface area (TPSA) is 117 Å². The summed E-state index contributed by atoms with van der Waals surface area (Å²) >= 11 is 2.63. The van der Waals surface area contributed by atoms with Crippen LogP contribution in [0, 0.1) is 0 Å². The van der Waals surface area contributed by atoms with Gasteiger partial charge in [-0.3, -0.25) is 19.6 Å². The molecule has 0 saturated carbocycles. The third kappa shape index (κ3) is 6.04. The first-order valence-electron chi connectivity index (χ1n) is 9.57. The molecule has 0 aliphatic heterocycles. The first-order chi connectivity index (χ1) is 15.8. The van der Waals surface area contributed by atoms with Crippen molar-refractivity contribution in [3.05, 3.63) is 81.9 Å². The van der Waals surface area contributed by atoms with Crippen molar-refractivity contribution >= 4 is 61.0 Å². The zero-order valence-electron chi connectivity index (χ0n) is 17.2. The molecule has 0 fully saturated rings. The number of nitrogens with one attached hydrogen (secondary N) is 3. The number of sulfonamides is 1. The molecule has 0 atom stereocenters. The van der Waals surface area contributed by atoms with Crippen molar-refractivity contribution in [2.45, 2.75) is 0 Å². The van der Waals surface area contributed by atoms with Gasteiger partial charge in [0.05, 0.1) is 16.8 Å². The SMILES string of the molecule is CS(=O)(=O)Nc1ccc(-c2csc(NC(=O)c3ccc(NC(=O)c4cccs4)cc3)n2)cc1. The number of carbonyl (C=O) groups is 2. The lowest BCUT2D eigenvalue weighted by Gasteiger charge is -2.06. The number of rotatable bonds is 7. The van der Waals surface area contributed by atoms with Gasteiger partial charge in [0.2, 0.25) is 10.0 Å². The third-order valence-electron chi connectivity index (χ3n) is 4.36. The van der Waals surface area contributed by atoms with E-state index in [1.165, 1.54) is 22.7 Å². The predicted molar refractivity (Wildman–Crippen MR) is 133 cm³/mol. The molecular formula is C22H18N4O4S3. The van der Waals surface area contributed by atoms with Crippen LogP contribution < -0.4 is 15.4 Å². The van der Waals surface area contributed by atoms with Crippen LogP contribution in [0.15, 0.2) is 71.4 Å². The molecule has 3 N–H and O–H groups in total. The highest BCUT2D eigenvalue weighted by atomic mass is 32.2. The van der Waals surface area contributed by atoms with Gasteiger partial charge in [0.25, 0.3) is 11.8 Å². The Balaban J connectivity index is 1.38. The number of aromatic nitrogens is 1. The van der Waals surface area contributed by atoms with E-state index in [4.69, 9.17) is 0 Å². The van der Waals surface area contributed by atoms with Gasteiger partial charge in [0, 0.05) is 27.9 Å². The number of hydrogen-bond donors (Lipinski definition) is 3. The molecular weight excluding hydrogens is 480 g/mol. The Morgan fingerprint density at radius 2 is 1.55 bits per heavy atom. The van der Waals surface area contributed by atoms with Crippen LogP contribution in [0.5, 0.6) is 0 Å². The van der Waals surface area contributed by atoms with E-state index < -0.39 is 10.0 Å². The molecule has 0 radical (unpaired) electrons. The van der Waals surface area contributed by atoms with Crippen molar-refractivity contribution in [1.82, 2.24) is 4.98 Å². The summed E-state index contributed by atoms with van der Waals surface area (Å²) < 4.78 is 25.0. The molecule has 0 saturated heterocycles. The number of amides is 2. The van der Waals surface area contributed by atoms with Gasteiger partial charge >= 0.3 is 0 Å². The van der Waals surface area contributed by atoms with Crippen LogP contribution in [-0.4, -0.2) is 31.5 Å². The first kappa shape index (κ1) is 22.6. The minimum Gasteiger partial charge on any atom is -0.321 e. The van der Waals surface area contributed by atoms with Crippen molar-refractivity contribution in [3.63, 3.8) is 0 Å². The van der Waals surface area contributed by atoms with Crippen LogP contribution in [0.25, 0.3) is 11.3 Å². The molecule has 168 valence electrons. The smallest absolute Gasteiger partial charge is 0.265 e. The summed E-state index contributed by atoms with van der Waals surface area (Å²) in [4.78, 5) is 29.7. The maximum atomic E-state index is 12.6. The van der Waals surface area contributed by atoms with E-state index in [9.17, 15) is 18.0 Å². The largest absolute Gasteiger partial charge is 0.321 e. The normalized spacial score (nSPS) is 11.1. The fraction of sp³-hybridized carbons (Fsp3) is 0.0455. The molecule has 2 heterocycles. The van der Waals surface area contributed by atoms with E-state index in [-0.39, 0.29) is 11.8 Å². The number of benzene rings is 2. The van der Waals surface area contributed by atoms with E-state index in [0.717, 1.165) is 11.8 Å². The van der Waals surface area contributed by atoms with Gasteiger partial charge < -0.3 is 5.32 Å². The summed E-state index contributed by atoms with van der Waals surface area (Å²) in [6.45, 7) is 0. The highest BCUT2D eigenvalue weighted by Gasteiger charge is 2.12. The minimum atomic E-state index is -3.34. The van der Waals surface area contributed by atoms with Gasteiger partial charge in [-0.25, -0.2) is 13.4 Å². The number of nitrogens with zero attached hydrogens (tertiary/aromatic N) is 1. The highest BCUT2D eigenvalue weighted by molar-refractivity contribution is 7.92. The predicted octanol–water partition coefficient (Wildman–Crippen LogP) is 4.75. The molecule has 4 rings (SSSR count). The van der Waals surface area contributed by atoms with Crippen molar-refractivity contribution in [3.8, 4) is 11.3 Å². The zero-order valence-corrected chi connectivity index (χ0v) is 19.7. The Morgan fingerprint density at radius 3 is 2.18 bits per heavy atom. The summed E-state index contributed by atoms with van der Waals surface area (Å²) in [7, 11) is -3.34. The molecule has 0 aliphatic rings. The highest BCUT2D eigenvalue weighted by Crippen LogP contribution is 2.26. The maximum absolute atomic E-state index is 12.6. The van der Waals surface area contributed by atoms with Crippen LogP contribution >= 0.6 is 22.7 Å². The van der Waals surface area contributed by atoms with Gasteiger partial charge in [-0.2, -0.15) is 0 Å². The molecule has 33 heavy (non-hydrogen) atoms. The number of carbonyl (C=O) groups excluding carboxylic acids is 2. The second-order valence-corrected chi connectivity index (χ2v) is 10.5. The van der Waals surface area contributed by atoms with Crippen LogP contribution in [0.4, 0.5) is 16.5 Å². The maximum Gasteiger partial charge on any atom is 0.265 e. The molecule has 0 spiro atoms. The molecule has 8 nitrogen and oxygen atoms in total. The van der Waals surface area contributed by atoms with Crippen LogP contribution in [0.1, 0.15) is 20.0 Å². The van der Waals surface area contributed by atoms with Crippen LogP contribution in [0.2, 0.25) is 0 Å². The van der Waals surface area contributed by atoms with Gasteiger partial charge in [-0.05, 0) is 47.8 Å². The summed E-state index contributed by atoms with van der Waals surface area (Å²) in [6, 6.07) is 16.9. The Kier molecular flexibility index (Phi) is 6.54. The van der Waals surface area contributed by atoms with E-state index in [1.807, 2.05) is 11.4 Å². The van der Waals surface area contributed by atoms with Gasteiger partial charge in [-0.15, -0.1) is 22.7 Å². The van der Waals surface area contributed by atoms with Gasteiger partial charge in [0.1, 0.15) is 0 Å². The van der Waals surface area contributed by atoms with E-state index in [2.05, 4.69) is 20.3 Å². The van der Waals surface area contributed by atoms with E-state index >= 15 is 0 Å². The molecule has 2 aromatic heterocycles. The zero-order chi connectivity index (χ0) is 23.4. The van der Waals surface area contributed by atoms with E-state index in [1.54, 1.807) is 60.0 Å². The molecule has 2 aromatic carbocycles. The number of anilines is 3. The quantitative estimate of drug-likeness (QED) is 0.340. The second-order valence-electron chi connectivity index (χ2n) is 6.95. The molecule has 2 amide bonds. The van der Waals surface area contributed by atoms with Crippen molar-refractivity contribution in [2.75, 3.05) is 21.6 Å². The van der Waals surface area contributed by atoms with Crippen LogP contribution in [0.3, 0.4) is 0 Å². The first-order valence-corrected chi connectivity index (χ1v) is 13.2. The number of thiophene rings is 1. The molecule has 4 aromatic rings. The molecule has 0 aliphatic carbocycles. The van der Waals surface area contributed by atoms with E-state index in [0.29, 0.717) is 32.6 Å². The summed E-state index contributed by atoms with van der Waals surface area (Å²) in [5.41, 5.74) is 2.93. The Hall–Kier alpha value is -3.54. The lowest BCUT2D eigenvalue weighted by Crippen LogP contribution is -2.13. The summed E-state index contributed by atoms with van der Waals surface area (Å²) in [5.74, 6) is -0.516. The lowest BCUT2D eigenvalue weighted by atomic mass is 10.1. The fourth-order valence-electron chi connectivity index (χ4n) is 2.86. The summed E-state index contributed by atoms with van der Waals surface area (Å²) in [5, 5.41) is 9.62. The Bertz CT molecular complexity index is 1380. The third-order valence-corrected chi connectivity index (χ3v) is 6.59. The average molecular weight is 499 g/mol. The Morgan fingerprint density at radius 1 is 0.848 bits per heavy atom. The monoisotopic (exact) mass is 498 g/mol. The number of hydrogen-bond acceptors (Lipinski definition) is 7. The number of thiazole rings is 1. The molecule has 0 bridgehead atoms. The standard InChI is InChI=1S/C22H18N4O4S3/c1-33(29,30)26-17-10-4-14(5-11-17)18-13-32-22(24-18)25-20(27)15-6-8-16(9-7-15)23-21(28)19-3-2-12-31-19/h2-13,26H,1H3,(H,23,28)(H,24,25,27). The molecule has 0 unspecified atom stereocenters. The minimum absolute atomic E-state index is 0.197. The summed E-state index contributed by atoms with van der Waals surface area (Å²) in [6.07, 6.45) is 1.09. The average Bonchev–Trinajstić information content (AvgIpc) is 3.46.